The van der Waals surface area contributed by atoms with Crippen LogP contribution in [0, 0.1) is 5.92 Å². The predicted octanol–water partition coefficient (Wildman–Crippen LogP) is 5.60. The number of esters is 1. The van der Waals surface area contributed by atoms with Crippen molar-refractivity contribution in [3.8, 4) is 11.5 Å². The Kier molecular flexibility index (Phi) is 6.17. The minimum absolute atomic E-state index is 0.0154. The Bertz CT molecular complexity index is 1200. The van der Waals surface area contributed by atoms with Crippen LogP contribution in [0.3, 0.4) is 0 Å². The van der Waals surface area contributed by atoms with E-state index < -0.39 is 17.8 Å². The number of carbonyl (C=O) groups is 2. The fourth-order valence-electron chi connectivity index (χ4n) is 5.13. The van der Waals surface area contributed by atoms with Gasteiger partial charge in [-0.25, -0.2) is 0 Å². The maximum absolute atomic E-state index is 13.7. The summed E-state index contributed by atoms with van der Waals surface area (Å²) in [5, 5.41) is 0.419. The molecule has 2 heterocycles. The number of rotatable bonds is 5. The average Bonchev–Trinajstić information content (AvgIpc) is 3.28. The number of Topliss-reactive ketones (excluding diaryl/α,β-unsaturated/α-hetero) is 1. The molecule has 176 valence electrons. The molecule has 0 amide bonds. The number of allylic oxidation sites excluding steroid dienone is 2. The summed E-state index contributed by atoms with van der Waals surface area (Å²) in [6.45, 7) is 4.18. The Balaban J connectivity index is 1.62. The fourth-order valence-corrected chi connectivity index (χ4v) is 5.40. The van der Waals surface area contributed by atoms with Crippen LogP contribution in [-0.4, -0.2) is 30.9 Å². The number of halogens is 1. The SMILES string of the molecule is CCCOC(=O)C1C(C)=NC2=C(C(=O)C[C@H](c3ccccc3)C2)[C@@H]1c1cc2c(cc1Cl)OCO2. The first-order chi connectivity index (χ1) is 16.5. The van der Waals surface area contributed by atoms with Crippen molar-refractivity contribution in [3.63, 3.8) is 0 Å². The van der Waals surface area contributed by atoms with E-state index in [4.69, 9.17) is 30.8 Å². The molecule has 0 spiro atoms. The molecule has 2 aliphatic heterocycles. The molecule has 6 nitrogen and oxygen atoms in total. The molecule has 1 unspecified atom stereocenters. The lowest BCUT2D eigenvalue weighted by Crippen LogP contribution is -2.38. The van der Waals surface area contributed by atoms with Gasteiger partial charge in [-0.05, 0) is 42.9 Å². The Morgan fingerprint density at radius 3 is 2.62 bits per heavy atom. The van der Waals surface area contributed by atoms with Gasteiger partial charge >= 0.3 is 5.97 Å². The van der Waals surface area contributed by atoms with E-state index >= 15 is 0 Å². The van der Waals surface area contributed by atoms with Crippen LogP contribution in [0.15, 0.2) is 58.7 Å². The molecule has 7 heteroatoms. The largest absolute Gasteiger partial charge is 0.465 e. The Morgan fingerprint density at radius 1 is 1.15 bits per heavy atom. The van der Waals surface area contributed by atoms with Gasteiger partial charge in [0.05, 0.1) is 6.61 Å². The molecule has 3 aliphatic rings. The van der Waals surface area contributed by atoms with Crippen LogP contribution < -0.4 is 9.47 Å². The van der Waals surface area contributed by atoms with E-state index in [0.717, 1.165) is 11.3 Å². The molecule has 5 rings (SSSR count). The number of hydrogen-bond donors (Lipinski definition) is 0. The molecule has 0 saturated carbocycles. The van der Waals surface area contributed by atoms with Gasteiger partial charge in [0.25, 0.3) is 0 Å². The summed E-state index contributed by atoms with van der Waals surface area (Å²) in [5.41, 5.74) is 3.66. The third-order valence-corrected chi connectivity index (χ3v) is 7.02. The second kappa shape index (κ2) is 9.26. The number of benzene rings is 2. The van der Waals surface area contributed by atoms with Gasteiger partial charge in [-0.2, -0.15) is 0 Å². The molecule has 0 aromatic heterocycles. The highest BCUT2D eigenvalue weighted by Gasteiger charge is 2.45. The van der Waals surface area contributed by atoms with E-state index in [9.17, 15) is 9.59 Å². The smallest absolute Gasteiger partial charge is 0.315 e. The standard InChI is InChI=1S/C27H26ClNO5/c1-3-9-32-27(31)24-15(2)29-20-10-17(16-7-5-4-6-8-16)11-21(30)26(20)25(24)18-12-22-23(13-19(18)28)34-14-33-22/h4-8,12-13,17,24-25H,3,9-11,14H2,1-2H3/t17-,24?,25-/m1/s1. The molecule has 1 aliphatic carbocycles. The highest BCUT2D eigenvalue weighted by Crippen LogP contribution is 2.50. The normalized spacial score (nSPS) is 23.4. The zero-order valence-electron chi connectivity index (χ0n) is 19.2. The van der Waals surface area contributed by atoms with Gasteiger partial charge in [0.1, 0.15) is 5.92 Å². The topological polar surface area (TPSA) is 74.2 Å². The zero-order valence-corrected chi connectivity index (χ0v) is 19.9. The summed E-state index contributed by atoms with van der Waals surface area (Å²) in [5.74, 6) is -0.602. The number of ketones is 1. The van der Waals surface area contributed by atoms with E-state index in [-0.39, 0.29) is 18.5 Å². The third-order valence-electron chi connectivity index (χ3n) is 6.69. The monoisotopic (exact) mass is 479 g/mol. The van der Waals surface area contributed by atoms with Gasteiger partial charge in [-0.3, -0.25) is 14.6 Å². The Hall–Kier alpha value is -3.12. The molecule has 0 radical (unpaired) electrons. The van der Waals surface area contributed by atoms with Crippen LogP contribution in [-0.2, 0) is 14.3 Å². The summed E-state index contributed by atoms with van der Waals surface area (Å²) in [4.78, 5) is 31.7. The van der Waals surface area contributed by atoms with Crippen LogP contribution in [0.4, 0.5) is 0 Å². The Labute approximate surface area is 203 Å². The predicted molar refractivity (Wildman–Crippen MR) is 129 cm³/mol. The van der Waals surface area contributed by atoms with Gasteiger partial charge in [0.15, 0.2) is 17.3 Å². The third kappa shape index (κ3) is 4.00. The van der Waals surface area contributed by atoms with E-state index in [1.54, 1.807) is 12.1 Å². The minimum Gasteiger partial charge on any atom is -0.465 e. The van der Waals surface area contributed by atoms with Crippen LogP contribution in [0.25, 0.3) is 0 Å². The molecular formula is C27H26ClNO5. The first kappa shape index (κ1) is 22.7. The van der Waals surface area contributed by atoms with E-state index in [1.165, 1.54) is 0 Å². The number of ether oxygens (including phenoxy) is 3. The molecule has 34 heavy (non-hydrogen) atoms. The van der Waals surface area contributed by atoms with Crippen molar-refractivity contribution in [1.82, 2.24) is 0 Å². The van der Waals surface area contributed by atoms with Crippen molar-refractivity contribution in [1.29, 1.82) is 0 Å². The molecule has 3 atom stereocenters. The second-order valence-corrected chi connectivity index (χ2v) is 9.31. The van der Waals surface area contributed by atoms with Crippen molar-refractivity contribution >= 4 is 29.1 Å². The summed E-state index contributed by atoms with van der Waals surface area (Å²) < 4.78 is 16.6. The lowest BCUT2D eigenvalue weighted by molar-refractivity contribution is -0.146. The van der Waals surface area contributed by atoms with Crippen LogP contribution in [0.1, 0.15) is 56.1 Å². The lowest BCUT2D eigenvalue weighted by atomic mass is 9.69. The summed E-state index contributed by atoms with van der Waals surface area (Å²) >= 11 is 6.71. The van der Waals surface area contributed by atoms with E-state index in [2.05, 4.69) is 0 Å². The number of hydrogen-bond acceptors (Lipinski definition) is 6. The second-order valence-electron chi connectivity index (χ2n) is 8.90. The van der Waals surface area contributed by atoms with E-state index in [1.807, 2.05) is 44.2 Å². The van der Waals surface area contributed by atoms with Gasteiger partial charge < -0.3 is 14.2 Å². The van der Waals surface area contributed by atoms with Gasteiger partial charge in [0, 0.05) is 40.4 Å². The number of aliphatic imine (C=N–C) groups is 1. The first-order valence-electron chi connectivity index (χ1n) is 11.6. The fraction of sp³-hybridized carbons (Fsp3) is 0.370. The molecule has 0 fully saturated rings. The number of fused-ring (bicyclic) bond motifs is 1. The van der Waals surface area contributed by atoms with Gasteiger partial charge in [-0.15, -0.1) is 0 Å². The number of carbonyl (C=O) groups excluding carboxylic acids is 2. The van der Waals surface area contributed by atoms with E-state index in [0.29, 0.717) is 59.2 Å². The quantitative estimate of drug-likeness (QED) is 0.522. The van der Waals surface area contributed by atoms with Crippen molar-refractivity contribution in [3.05, 3.63) is 69.9 Å². The molecule has 2 aromatic rings. The highest BCUT2D eigenvalue weighted by atomic mass is 35.5. The summed E-state index contributed by atoms with van der Waals surface area (Å²) in [6, 6.07) is 13.5. The maximum atomic E-state index is 13.7. The highest BCUT2D eigenvalue weighted by molar-refractivity contribution is 6.32. The minimum atomic E-state index is -0.736. The summed E-state index contributed by atoms with van der Waals surface area (Å²) in [7, 11) is 0. The number of nitrogens with zero attached hydrogens (tertiary/aromatic N) is 1. The van der Waals surface area contributed by atoms with Crippen molar-refractivity contribution < 1.29 is 23.8 Å². The van der Waals surface area contributed by atoms with Crippen molar-refractivity contribution in [2.24, 2.45) is 10.9 Å². The van der Waals surface area contributed by atoms with Crippen molar-refractivity contribution in [2.45, 2.75) is 44.9 Å². The van der Waals surface area contributed by atoms with Crippen LogP contribution in [0.2, 0.25) is 5.02 Å². The van der Waals surface area contributed by atoms with Crippen LogP contribution >= 0.6 is 11.6 Å². The average molecular weight is 480 g/mol. The Morgan fingerprint density at radius 2 is 1.88 bits per heavy atom. The van der Waals surface area contributed by atoms with Crippen molar-refractivity contribution in [2.75, 3.05) is 13.4 Å². The summed E-state index contributed by atoms with van der Waals surface area (Å²) in [6.07, 6.45) is 1.68. The maximum Gasteiger partial charge on any atom is 0.315 e. The molecule has 0 saturated heterocycles. The van der Waals surface area contributed by atoms with Gasteiger partial charge in [-0.1, -0.05) is 48.9 Å². The first-order valence-corrected chi connectivity index (χ1v) is 12.0. The zero-order chi connectivity index (χ0) is 23.8. The molecule has 0 N–H and O–H groups in total. The van der Waals surface area contributed by atoms with Crippen LogP contribution in [0.5, 0.6) is 11.5 Å². The molecule has 2 aromatic carbocycles. The lowest BCUT2D eigenvalue weighted by Gasteiger charge is -2.36. The molecular weight excluding hydrogens is 454 g/mol. The van der Waals surface area contributed by atoms with Gasteiger partial charge in [0.2, 0.25) is 6.79 Å². The molecule has 0 bridgehead atoms.